The van der Waals surface area contributed by atoms with Crippen LogP contribution in [0.2, 0.25) is 5.02 Å². The number of rotatable bonds is 2. The molecule has 0 saturated heterocycles. The fraction of sp³-hybridized carbons (Fsp3) is 0.154. The predicted octanol–water partition coefficient (Wildman–Crippen LogP) is 3.69. The van der Waals surface area contributed by atoms with Crippen molar-refractivity contribution in [3.63, 3.8) is 0 Å². The standard InChI is InChI=1S/C13H10ClFN2O2S/c1-6-10(13(18)19-2)12(20)17-11(16-6)7-3-4-9(15)8(14)5-7/h3-5H,1-2H3,(H,16,17,20). The number of aryl methyl sites for hydroxylation is 1. The van der Waals surface area contributed by atoms with Crippen molar-refractivity contribution in [2.45, 2.75) is 6.92 Å². The molecule has 20 heavy (non-hydrogen) atoms. The Hall–Kier alpha value is -1.79. The van der Waals surface area contributed by atoms with E-state index >= 15 is 0 Å². The Morgan fingerprint density at radius 1 is 1.50 bits per heavy atom. The summed E-state index contributed by atoms with van der Waals surface area (Å²) in [5.41, 5.74) is 1.30. The van der Waals surface area contributed by atoms with E-state index in [0.29, 0.717) is 17.1 Å². The molecule has 2 aromatic rings. The zero-order valence-corrected chi connectivity index (χ0v) is 12.2. The third-order valence-electron chi connectivity index (χ3n) is 2.69. The summed E-state index contributed by atoms with van der Waals surface area (Å²) in [6.45, 7) is 1.68. The van der Waals surface area contributed by atoms with E-state index in [0.717, 1.165) is 0 Å². The van der Waals surface area contributed by atoms with Crippen LogP contribution in [0.4, 0.5) is 4.39 Å². The molecule has 0 aliphatic heterocycles. The molecule has 1 aromatic heterocycles. The smallest absolute Gasteiger partial charge is 0.342 e. The molecular weight excluding hydrogens is 303 g/mol. The highest BCUT2D eigenvalue weighted by atomic mass is 35.5. The van der Waals surface area contributed by atoms with Gasteiger partial charge >= 0.3 is 5.97 Å². The maximum atomic E-state index is 13.1. The molecule has 0 radical (unpaired) electrons. The summed E-state index contributed by atoms with van der Waals surface area (Å²) >= 11 is 10.8. The molecule has 0 aliphatic carbocycles. The molecule has 0 amide bonds. The van der Waals surface area contributed by atoms with Gasteiger partial charge in [0.1, 0.15) is 21.8 Å². The molecule has 4 nitrogen and oxygen atoms in total. The Labute approximate surface area is 124 Å². The van der Waals surface area contributed by atoms with Crippen LogP contribution in [0.25, 0.3) is 11.4 Å². The van der Waals surface area contributed by atoms with E-state index in [1.165, 1.54) is 25.3 Å². The van der Waals surface area contributed by atoms with Crippen molar-refractivity contribution in [2.24, 2.45) is 0 Å². The number of nitrogens with one attached hydrogen (secondary N) is 1. The number of hydrogen-bond acceptors (Lipinski definition) is 4. The third kappa shape index (κ3) is 2.71. The Morgan fingerprint density at radius 3 is 2.75 bits per heavy atom. The fourth-order valence-electron chi connectivity index (χ4n) is 1.71. The van der Waals surface area contributed by atoms with Crippen LogP contribution in [0, 0.1) is 17.4 Å². The van der Waals surface area contributed by atoms with Gasteiger partial charge in [-0.1, -0.05) is 23.8 Å². The summed E-state index contributed by atoms with van der Waals surface area (Å²) in [5, 5.41) is -0.0154. The van der Waals surface area contributed by atoms with Gasteiger partial charge in [0.2, 0.25) is 0 Å². The van der Waals surface area contributed by atoms with Crippen LogP contribution in [0.5, 0.6) is 0 Å². The first-order valence-electron chi connectivity index (χ1n) is 5.58. The largest absolute Gasteiger partial charge is 0.465 e. The van der Waals surface area contributed by atoms with Gasteiger partial charge in [-0.05, 0) is 25.1 Å². The number of H-pyrrole nitrogens is 1. The summed E-state index contributed by atoms with van der Waals surface area (Å²) in [7, 11) is 1.27. The van der Waals surface area contributed by atoms with Crippen LogP contribution in [0.3, 0.4) is 0 Å². The minimum absolute atomic E-state index is 0.0154. The zero-order chi connectivity index (χ0) is 14.9. The van der Waals surface area contributed by atoms with Gasteiger partial charge < -0.3 is 9.72 Å². The number of carbonyl (C=O) groups excluding carboxylic acids is 1. The highest BCUT2D eigenvalue weighted by molar-refractivity contribution is 7.71. The van der Waals surface area contributed by atoms with Gasteiger partial charge in [0.15, 0.2) is 0 Å². The number of carbonyl (C=O) groups is 1. The topological polar surface area (TPSA) is 55.0 Å². The van der Waals surface area contributed by atoms with Crippen LogP contribution in [0.15, 0.2) is 18.2 Å². The molecule has 0 fully saturated rings. The molecule has 1 N–H and O–H groups in total. The zero-order valence-electron chi connectivity index (χ0n) is 10.7. The van der Waals surface area contributed by atoms with E-state index in [2.05, 4.69) is 14.7 Å². The number of ether oxygens (including phenoxy) is 1. The lowest BCUT2D eigenvalue weighted by molar-refractivity contribution is 0.0598. The summed E-state index contributed by atoms with van der Waals surface area (Å²) in [6.07, 6.45) is 0. The van der Waals surface area contributed by atoms with E-state index in [9.17, 15) is 9.18 Å². The normalized spacial score (nSPS) is 10.4. The lowest BCUT2D eigenvalue weighted by Crippen LogP contribution is -2.08. The second-order valence-electron chi connectivity index (χ2n) is 4.01. The average Bonchev–Trinajstić information content (AvgIpc) is 2.40. The SMILES string of the molecule is COC(=O)c1c(C)[nH]c(-c2ccc(F)c(Cl)c2)nc1=S. The monoisotopic (exact) mass is 312 g/mol. The minimum atomic E-state index is -0.556. The molecule has 2 rings (SSSR count). The number of methoxy groups -OCH3 is 1. The van der Waals surface area contributed by atoms with Gasteiger partial charge in [-0.3, -0.25) is 0 Å². The second-order valence-corrected chi connectivity index (χ2v) is 4.80. The van der Waals surface area contributed by atoms with Crippen LogP contribution >= 0.6 is 23.8 Å². The Kier molecular flexibility index (Phi) is 4.15. The summed E-state index contributed by atoms with van der Waals surface area (Å²) < 4.78 is 17.9. The molecule has 0 saturated carbocycles. The van der Waals surface area contributed by atoms with E-state index < -0.39 is 11.8 Å². The maximum Gasteiger partial charge on any atom is 0.342 e. The number of hydrogen-bond donors (Lipinski definition) is 1. The first-order chi connectivity index (χ1) is 9.43. The van der Waals surface area contributed by atoms with Gasteiger partial charge in [0.05, 0.1) is 12.1 Å². The molecule has 0 spiro atoms. The fourth-order valence-corrected chi connectivity index (χ4v) is 2.22. The van der Waals surface area contributed by atoms with E-state index in [-0.39, 0.29) is 15.2 Å². The van der Waals surface area contributed by atoms with Crippen LogP contribution in [0.1, 0.15) is 16.1 Å². The van der Waals surface area contributed by atoms with E-state index in [1.54, 1.807) is 6.92 Å². The number of esters is 1. The van der Waals surface area contributed by atoms with Crippen LogP contribution < -0.4 is 0 Å². The van der Waals surface area contributed by atoms with Crippen molar-refractivity contribution in [1.82, 2.24) is 9.97 Å². The average molecular weight is 313 g/mol. The van der Waals surface area contributed by atoms with Crippen molar-refractivity contribution in [3.8, 4) is 11.4 Å². The number of nitrogens with zero attached hydrogens (tertiary/aromatic N) is 1. The third-order valence-corrected chi connectivity index (χ3v) is 3.28. The Balaban J connectivity index is 2.57. The lowest BCUT2D eigenvalue weighted by Gasteiger charge is -2.08. The quantitative estimate of drug-likeness (QED) is 0.678. The highest BCUT2D eigenvalue weighted by Crippen LogP contribution is 2.23. The van der Waals surface area contributed by atoms with Gasteiger partial charge in [-0.2, -0.15) is 0 Å². The molecule has 7 heteroatoms. The molecule has 0 unspecified atom stereocenters. The first-order valence-corrected chi connectivity index (χ1v) is 6.37. The summed E-state index contributed by atoms with van der Waals surface area (Å²) in [4.78, 5) is 18.6. The Morgan fingerprint density at radius 2 is 2.20 bits per heavy atom. The molecule has 1 aromatic carbocycles. The number of benzene rings is 1. The Bertz CT molecular complexity index is 746. The van der Waals surface area contributed by atoms with Crippen molar-refractivity contribution in [2.75, 3.05) is 7.11 Å². The van der Waals surface area contributed by atoms with Gasteiger partial charge in [-0.15, -0.1) is 0 Å². The molecule has 1 heterocycles. The van der Waals surface area contributed by atoms with Crippen molar-refractivity contribution >= 4 is 29.8 Å². The van der Waals surface area contributed by atoms with Gasteiger partial charge in [-0.25, -0.2) is 14.2 Å². The van der Waals surface area contributed by atoms with Crippen molar-refractivity contribution in [3.05, 3.63) is 44.9 Å². The molecule has 0 bridgehead atoms. The first kappa shape index (κ1) is 14.6. The maximum absolute atomic E-state index is 13.1. The van der Waals surface area contributed by atoms with Gasteiger partial charge in [0.25, 0.3) is 0 Å². The van der Waals surface area contributed by atoms with Crippen LogP contribution in [-0.4, -0.2) is 23.0 Å². The number of halogens is 2. The number of aromatic nitrogens is 2. The highest BCUT2D eigenvalue weighted by Gasteiger charge is 2.15. The summed E-state index contributed by atoms with van der Waals surface area (Å²) in [6, 6.07) is 4.19. The lowest BCUT2D eigenvalue weighted by atomic mass is 10.2. The number of aromatic amines is 1. The molecule has 104 valence electrons. The van der Waals surface area contributed by atoms with Gasteiger partial charge in [0, 0.05) is 11.3 Å². The van der Waals surface area contributed by atoms with Crippen molar-refractivity contribution < 1.29 is 13.9 Å². The predicted molar refractivity (Wildman–Crippen MR) is 75.9 cm³/mol. The molecular formula is C13H10ClFN2O2S. The minimum Gasteiger partial charge on any atom is -0.465 e. The molecule has 0 atom stereocenters. The van der Waals surface area contributed by atoms with E-state index in [1.807, 2.05) is 0 Å². The summed E-state index contributed by atoms with van der Waals surface area (Å²) in [5.74, 6) is -0.668. The molecule has 0 aliphatic rings. The van der Waals surface area contributed by atoms with Crippen LogP contribution in [-0.2, 0) is 4.74 Å². The second kappa shape index (κ2) is 5.68. The van der Waals surface area contributed by atoms with E-state index in [4.69, 9.17) is 23.8 Å². The van der Waals surface area contributed by atoms with Crippen molar-refractivity contribution in [1.29, 1.82) is 0 Å².